The van der Waals surface area contributed by atoms with E-state index in [1.165, 1.54) is 12.1 Å². The first-order valence-electron chi connectivity index (χ1n) is 8.54. The molecule has 0 saturated carbocycles. The second kappa shape index (κ2) is 10.1. The maximum Gasteiger partial charge on any atom is 0.162 e. The van der Waals surface area contributed by atoms with E-state index in [9.17, 15) is 4.39 Å². The smallest absolute Gasteiger partial charge is 0.162 e. The predicted octanol–water partition coefficient (Wildman–Crippen LogP) is 5.96. The molecule has 2 rings (SSSR count). The van der Waals surface area contributed by atoms with Gasteiger partial charge in [-0.25, -0.2) is 4.39 Å². The largest absolute Gasteiger partial charge is 0.493 e. The van der Waals surface area contributed by atoms with Crippen molar-refractivity contribution in [2.75, 3.05) is 13.7 Å². The van der Waals surface area contributed by atoms with Gasteiger partial charge in [0.2, 0.25) is 0 Å². The van der Waals surface area contributed by atoms with E-state index in [0.717, 1.165) is 29.5 Å². The first kappa shape index (κ1) is 21.0. The molecule has 26 heavy (non-hydrogen) atoms. The first-order valence-corrected chi connectivity index (χ1v) is 9.71. The van der Waals surface area contributed by atoms with E-state index < -0.39 is 0 Å². The summed E-state index contributed by atoms with van der Waals surface area (Å²) in [5.41, 5.74) is 1.81. The Bertz CT molecular complexity index is 740. The number of hydrogen-bond acceptors (Lipinski definition) is 3. The molecular formula is C20H24BrClFNO2. The number of benzene rings is 2. The van der Waals surface area contributed by atoms with Gasteiger partial charge in [0.1, 0.15) is 12.4 Å². The molecule has 0 amide bonds. The zero-order chi connectivity index (χ0) is 19.1. The van der Waals surface area contributed by atoms with Crippen LogP contribution in [-0.2, 0) is 13.2 Å². The van der Waals surface area contributed by atoms with E-state index in [1.54, 1.807) is 13.2 Å². The molecule has 0 bridgehead atoms. The Hall–Kier alpha value is -1.30. The molecule has 0 aromatic heterocycles. The average molecular weight is 445 g/mol. The highest BCUT2D eigenvalue weighted by molar-refractivity contribution is 9.10. The number of hydrogen-bond donors (Lipinski definition) is 1. The zero-order valence-electron chi connectivity index (χ0n) is 15.2. The van der Waals surface area contributed by atoms with Crippen LogP contribution in [0, 0.1) is 11.7 Å². The Kier molecular flexibility index (Phi) is 8.19. The number of rotatable bonds is 9. The van der Waals surface area contributed by atoms with Gasteiger partial charge in [0.15, 0.2) is 11.5 Å². The van der Waals surface area contributed by atoms with E-state index in [2.05, 4.69) is 35.1 Å². The lowest BCUT2D eigenvalue weighted by Gasteiger charge is -2.15. The molecule has 2 aromatic carbocycles. The third-order valence-corrected chi connectivity index (χ3v) is 5.03. The van der Waals surface area contributed by atoms with Gasteiger partial charge in [0.05, 0.1) is 12.1 Å². The molecule has 0 fully saturated rings. The summed E-state index contributed by atoms with van der Waals surface area (Å²) >= 11 is 9.64. The van der Waals surface area contributed by atoms with Gasteiger partial charge in [-0.3, -0.25) is 0 Å². The summed E-state index contributed by atoms with van der Waals surface area (Å²) in [5.74, 6) is 1.56. The highest BCUT2D eigenvalue weighted by atomic mass is 79.9. The summed E-state index contributed by atoms with van der Waals surface area (Å²) < 4.78 is 25.4. The van der Waals surface area contributed by atoms with Crippen LogP contribution in [0.2, 0.25) is 5.02 Å². The van der Waals surface area contributed by atoms with Crippen LogP contribution < -0.4 is 14.8 Å². The average Bonchev–Trinajstić information content (AvgIpc) is 2.59. The highest BCUT2D eigenvalue weighted by Crippen LogP contribution is 2.34. The lowest BCUT2D eigenvalue weighted by molar-refractivity contribution is 0.284. The van der Waals surface area contributed by atoms with E-state index in [1.807, 2.05) is 12.1 Å². The van der Waals surface area contributed by atoms with Crippen molar-refractivity contribution >= 4 is 27.5 Å². The van der Waals surface area contributed by atoms with Crippen molar-refractivity contribution in [2.45, 2.75) is 33.4 Å². The van der Waals surface area contributed by atoms with Gasteiger partial charge in [-0.2, -0.15) is 0 Å². The molecule has 0 saturated heterocycles. The second-order valence-corrected chi connectivity index (χ2v) is 7.74. The van der Waals surface area contributed by atoms with Crippen LogP contribution in [0.5, 0.6) is 11.5 Å². The van der Waals surface area contributed by atoms with Crippen molar-refractivity contribution in [3.63, 3.8) is 0 Å². The van der Waals surface area contributed by atoms with Crippen LogP contribution >= 0.6 is 27.5 Å². The summed E-state index contributed by atoms with van der Waals surface area (Å²) in [7, 11) is 1.61. The summed E-state index contributed by atoms with van der Waals surface area (Å²) in [6.07, 6.45) is 1.13. The maximum absolute atomic E-state index is 13.1. The SMILES string of the molecule is COc1cc(CNCCC(C)C)c(Br)cc1OCc1ccc(F)cc1Cl. The molecule has 0 aliphatic heterocycles. The Labute approximate surface area is 168 Å². The number of nitrogens with one attached hydrogen (secondary N) is 1. The second-order valence-electron chi connectivity index (χ2n) is 6.48. The van der Waals surface area contributed by atoms with Gasteiger partial charge in [0, 0.05) is 16.6 Å². The Balaban J connectivity index is 2.05. The van der Waals surface area contributed by atoms with Crippen LogP contribution in [0.15, 0.2) is 34.8 Å². The Morgan fingerprint density at radius 2 is 1.92 bits per heavy atom. The molecule has 2 aromatic rings. The van der Waals surface area contributed by atoms with Crippen LogP contribution in [-0.4, -0.2) is 13.7 Å². The fourth-order valence-corrected chi connectivity index (χ4v) is 3.08. The van der Waals surface area contributed by atoms with Crippen LogP contribution in [0.4, 0.5) is 4.39 Å². The predicted molar refractivity (Wildman–Crippen MR) is 108 cm³/mol. The van der Waals surface area contributed by atoms with Gasteiger partial charge in [-0.15, -0.1) is 0 Å². The highest BCUT2D eigenvalue weighted by Gasteiger charge is 2.12. The third-order valence-electron chi connectivity index (χ3n) is 3.94. The fourth-order valence-electron chi connectivity index (χ4n) is 2.39. The maximum atomic E-state index is 13.1. The lowest BCUT2D eigenvalue weighted by Crippen LogP contribution is -2.16. The van der Waals surface area contributed by atoms with Gasteiger partial charge in [-0.1, -0.05) is 47.4 Å². The molecule has 0 unspecified atom stereocenters. The van der Waals surface area contributed by atoms with Gasteiger partial charge < -0.3 is 14.8 Å². The topological polar surface area (TPSA) is 30.5 Å². The summed E-state index contributed by atoms with van der Waals surface area (Å²) in [6, 6.07) is 8.10. The van der Waals surface area contributed by atoms with Crippen LogP contribution in [0.1, 0.15) is 31.4 Å². The van der Waals surface area contributed by atoms with Gasteiger partial charge >= 0.3 is 0 Å². The minimum Gasteiger partial charge on any atom is -0.493 e. The van der Waals surface area contributed by atoms with Crippen LogP contribution in [0.25, 0.3) is 0 Å². The molecule has 0 aliphatic carbocycles. The molecule has 0 radical (unpaired) electrons. The van der Waals surface area contributed by atoms with Crippen molar-refractivity contribution in [3.05, 3.63) is 56.8 Å². The quantitative estimate of drug-likeness (QED) is 0.484. The van der Waals surface area contributed by atoms with E-state index in [4.69, 9.17) is 21.1 Å². The summed E-state index contributed by atoms with van der Waals surface area (Å²) in [5, 5.41) is 3.78. The van der Waals surface area contributed by atoms with E-state index in [-0.39, 0.29) is 12.4 Å². The van der Waals surface area contributed by atoms with Crippen molar-refractivity contribution < 1.29 is 13.9 Å². The fraction of sp³-hybridized carbons (Fsp3) is 0.400. The number of methoxy groups -OCH3 is 1. The van der Waals surface area contributed by atoms with Gasteiger partial charge in [0.25, 0.3) is 0 Å². The molecule has 142 valence electrons. The standard InChI is InChI=1S/C20H24BrClFNO2/c1-13(2)6-7-24-11-15-8-19(25-3)20(10-17(15)21)26-12-14-4-5-16(23)9-18(14)22/h4-5,8-10,13,24H,6-7,11-12H2,1-3H3. The van der Waals surface area contributed by atoms with Crippen molar-refractivity contribution in [2.24, 2.45) is 5.92 Å². The minimum absolute atomic E-state index is 0.230. The van der Waals surface area contributed by atoms with E-state index in [0.29, 0.717) is 28.0 Å². The van der Waals surface area contributed by atoms with Crippen molar-refractivity contribution in [1.29, 1.82) is 0 Å². The lowest BCUT2D eigenvalue weighted by atomic mass is 10.1. The number of halogens is 3. The monoisotopic (exact) mass is 443 g/mol. The van der Waals surface area contributed by atoms with Crippen molar-refractivity contribution in [1.82, 2.24) is 5.32 Å². The summed E-state index contributed by atoms with van der Waals surface area (Å²) in [4.78, 5) is 0. The summed E-state index contributed by atoms with van der Waals surface area (Å²) in [6.45, 7) is 6.36. The third kappa shape index (κ3) is 6.15. The number of ether oxygens (including phenoxy) is 2. The minimum atomic E-state index is -0.367. The van der Waals surface area contributed by atoms with Crippen LogP contribution in [0.3, 0.4) is 0 Å². The van der Waals surface area contributed by atoms with E-state index >= 15 is 0 Å². The molecule has 6 heteroatoms. The molecule has 1 N–H and O–H groups in total. The normalized spacial score (nSPS) is 11.0. The molecule has 0 aliphatic rings. The molecular weight excluding hydrogens is 421 g/mol. The molecule has 0 heterocycles. The Morgan fingerprint density at radius 1 is 1.15 bits per heavy atom. The van der Waals surface area contributed by atoms with Gasteiger partial charge in [-0.05, 0) is 48.7 Å². The zero-order valence-corrected chi connectivity index (χ0v) is 17.6. The molecule has 3 nitrogen and oxygen atoms in total. The first-order chi connectivity index (χ1) is 12.4. The Morgan fingerprint density at radius 3 is 2.58 bits per heavy atom. The van der Waals surface area contributed by atoms with Crippen molar-refractivity contribution in [3.8, 4) is 11.5 Å². The molecule has 0 spiro atoms. The molecule has 0 atom stereocenters.